The third kappa shape index (κ3) is 2.03. The lowest BCUT2D eigenvalue weighted by Gasteiger charge is -2.39. The number of nitrogens with zero attached hydrogens (tertiary/aromatic N) is 1. The molecule has 1 atom stereocenters. The number of methoxy groups -OCH3 is 1. The molecule has 6 heteroatoms. The standard InChI is InChI=1S/C14H25NO4S/c1-12-13(6-9-19-10-7-13)5-8-15(12)20(16,17)14(3-4-14)11-18-2/h12H,3-11H2,1-2H3. The quantitative estimate of drug-likeness (QED) is 0.787. The molecule has 116 valence electrons. The van der Waals surface area contributed by atoms with Crippen molar-refractivity contribution < 1.29 is 17.9 Å². The first-order valence-electron chi connectivity index (χ1n) is 7.56. The molecule has 0 bridgehead atoms. The number of hydrogen-bond acceptors (Lipinski definition) is 4. The van der Waals surface area contributed by atoms with Gasteiger partial charge in [-0.1, -0.05) is 0 Å². The highest BCUT2D eigenvalue weighted by atomic mass is 32.2. The fourth-order valence-electron chi connectivity index (χ4n) is 3.94. The van der Waals surface area contributed by atoms with Gasteiger partial charge in [0.15, 0.2) is 0 Å². The summed E-state index contributed by atoms with van der Waals surface area (Å²) >= 11 is 0. The lowest BCUT2D eigenvalue weighted by atomic mass is 9.75. The summed E-state index contributed by atoms with van der Waals surface area (Å²) in [4.78, 5) is 0. The van der Waals surface area contributed by atoms with Crippen LogP contribution in [0.25, 0.3) is 0 Å². The van der Waals surface area contributed by atoms with Crippen molar-refractivity contribution in [3.63, 3.8) is 0 Å². The summed E-state index contributed by atoms with van der Waals surface area (Å²) in [6, 6.07) is 0.0886. The molecule has 1 aliphatic carbocycles. The zero-order valence-corrected chi connectivity index (χ0v) is 13.2. The molecular formula is C14H25NO4S. The van der Waals surface area contributed by atoms with Crippen molar-refractivity contribution in [1.82, 2.24) is 4.31 Å². The number of sulfonamides is 1. The van der Waals surface area contributed by atoms with Crippen LogP contribution in [0.4, 0.5) is 0 Å². The van der Waals surface area contributed by atoms with Crippen molar-refractivity contribution in [3.05, 3.63) is 0 Å². The van der Waals surface area contributed by atoms with Crippen LogP contribution in [0.2, 0.25) is 0 Å². The molecule has 0 aromatic heterocycles. The lowest BCUT2D eigenvalue weighted by Crippen LogP contribution is -2.48. The summed E-state index contributed by atoms with van der Waals surface area (Å²) in [5.74, 6) is 0. The second-order valence-corrected chi connectivity index (χ2v) is 8.92. The number of ether oxygens (including phenoxy) is 2. The van der Waals surface area contributed by atoms with Crippen LogP contribution in [-0.4, -0.2) is 57.0 Å². The van der Waals surface area contributed by atoms with Crippen molar-refractivity contribution in [2.75, 3.05) is 33.5 Å². The predicted molar refractivity (Wildman–Crippen MR) is 76.0 cm³/mol. The molecule has 3 rings (SSSR count). The summed E-state index contributed by atoms with van der Waals surface area (Å²) in [6.07, 6.45) is 4.42. The minimum absolute atomic E-state index is 0.0886. The fourth-order valence-corrected chi connectivity index (χ4v) is 6.30. The average molecular weight is 303 g/mol. The molecule has 3 fully saturated rings. The molecule has 20 heavy (non-hydrogen) atoms. The average Bonchev–Trinajstić information content (AvgIpc) is 3.15. The van der Waals surface area contributed by atoms with Gasteiger partial charge in [0.1, 0.15) is 4.75 Å². The lowest BCUT2D eigenvalue weighted by molar-refractivity contribution is 0.00567. The van der Waals surface area contributed by atoms with E-state index in [0.29, 0.717) is 13.2 Å². The maximum Gasteiger partial charge on any atom is 0.222 e. The Morgan fingerprint density at radius 2 is 1.85 bits per heavy atom. The molecule has 0 aromatic rings. The summed E-state index contributed by atoms with van der Waals surface area (Å²) in [6.45, 7) is 4.60. The van der Waals surface area contributed by atoms with Gasteiger partial charge in [-0.15, -0.1) is 0 Å². The molecule has 2 heterocycles. The third-order valence-corrected chi connectivity index (χ3v) is 8.44. The topological polar surface area (TPSA) is 55.8 Å². The van der Waals surface area contributed by atoms with Crippen molar-refractivity contribution in [1.29, 1.82) is 0 Å². The van der Waals surface area contributed by atoms with E-state index in [1.165, 1.54) is 0 Å². The molecule has 0 amide bonds. The van der Waals surface area contributed by atoms with E-state index in [1.54, 1.807) is 11.4 Å². The minimum atomic E-state index is -3.25. The van der Waals surface area contributed by atoms with Gasteiger partial charge in [0, 0.05) is 32.9 Å². The molecule has 0 N–H and O–H groups in total. The van der Waals surface area contributed by atoms with Crippen LogP contribution >= 0.6 is 0 Å². The van der Waals surface area contributed by atoms with Gasteiger partial charge in [-0.05, 0) is 44.4 Å². The minimum Gasteiger partial charge on any atom is -0.383 e. The van der Waals surface area contributed by atoms with Gasteiger partial charge in [-0.2, -0.15) is 4.31 Å². The van der Waals surface area contributed by atoms with Crippen LogP contribution in [0, 0.1) is 5.41 Å². The highest BCUT2D eigenvalue weighted by molar-refractivity contribution is 7.90. The zero-order chi connectivity index (χ0) is 14.4. The largest absolute Gasteiger partial charge is 0.383 e. The molecule has 1 unspecified atom stereocenters. The van der Waals surface area contributed by atoms with E-state index in [0.717, 1.165) is 45.3 Å². The van der Waals surface area contributed by atoms with Crippen LogP contribution in [0.3, 0.4) is 0 Å². The predicted octanol–water partition coefficient (Wildman–Crippen LogP) is 1.39. The van der Waals surface area contributed by atoms with Crippen molar-refractivity contribution in [3.8, 4) is 0 Å². The normalized spacial score (nSPS) is 32.6. The molecule has 3 aliphatic rings. The van der Waals surface area contributed by atoms with Crippen LogP contribution in [0.15, 0.2) is 0 Å². The maximum atomic E-state index is 13.0. The van der Waals surface area contributed by atoms with Gasteiger partial charge >= 0.3 is 0 Å². The number of hydrogen-bond donors (Lipinski definition) is 0. The van der Waals surface area contributed by atoms with E-state index in [2.05, 4.69) is 6.92 Å². The molecule has 1 spiro atoms. The van der Waals surface area contributed by atoms with E-state index in [1.807, 2.05) is 0 Å². The summed E-state index contributed by atoms with van der Waals surface area (Å²) < 4.78 is 37.7. The maximum absolute atomic E-state index is 13.0. The second-order valence-electron chi connectivity index (χ2n) is 6.63. The van der Waals surface area contributed by atoms with Gasteiger partial charge < -0.3 is 9.47 Å². The Hall–Kier alpha value is -0.170. The van der Waals surface area contributed by atoms with Gasteiger partial charge in [-0.25, -0.2) is 8.42 Å². The first-order valence-corrected chi connectivity index (χ1v) is 9.00. The smallest absolute Gasteiger partial charge is 0.222 e. The van der Waals surface area contributed by atoms with Crippen LogP contribution in [0.1, 0.15) is 39.0 Å². The van der Waals surface area contributed by atoms with Crippen molar-refractivity contribution in [2.45, 2.75) is 49.8 Å². The Morgan fingerprint density at radius 1 is 1.20 bits per heavy atom. The summed E-state index contributed by atoms with van der Waals surface area (Å²) in [7, 11) is -1.66. The third-order valence-electron chi connectivity index (χ3n) is 5.71. The Balaban J connectivity index is 1.82. The van der Waals surface area contributed by atoms with Crippen LogP contribution in [-0.2, 0) is 19.5 Å². The number of rotatable bonds is 4. The molecule has 2 aliphatic heterocycles. The molecule has 2 saturated heterocycles. The van der Waals surface area contributed by atoms with E-state index >= 15 is 0 Å². The van der Waals surface area contributed by atoms with Gasteiger partial charge in [-0.3, -0.25) is 0 Å². The Bertz CT molecular complexity index is 466. The molecule has 5 nitrogen and oxygen atoms in total. The Kier molecular flexibility index (Phi) is 3.64. The molecule has 0 aromatic carbocycles. The van der Waals surface area contributed by atoms with Gasteiger partial charge in [0.05, 0.1) is 6.61 Å². The van der Waals surface area contributed by atoms with E-state index in [9.17, 15) is 8.42 Å². The molecule has 0 radical (unpaired) electrons. The molecule has 1 saturated carbocycles. The summed E-state index contributed by atoms with van der Waals surface area (Å²) in [5.41, 5.74) is 0.133. The highest BCUT2D eigenvalue weighted by Crippen LogP contribution is 2.51. The fraction of sp³-hybridized carbons (Fsp3) is 1.00. The second kappa shape index (κ2) is 4.93. The van der Waals surface area contributed by atoms with Crippen LogP contribution in [0.5, 0.6) is 0 Å². The van der Waals surface area contributed by atoms with Gasteiger partial charge in [0.25, 0.3) is 0 Å². The Morgan fingerprint density at radius 3 is 2.40 bits per heavy atom. The van der Waals surface area contributed by atoms with E-state index in [-0.39, 0.29) is 11.5 Å². The SMILES string of the molecule is COCC1(S(=O)(=O)N2CCC3(CCOCC3)C2C)CC1. The van der Waals surface area contributed by atoms with Crippen molar-refractivity contribution >= 4 is 10.0 Å². The van der Waals surface area contributed by atoms with E-state index in [4.69, 9.17) is 9.47 Å². The van der Waals surface area contributed by atoms with Gasteiger partial charge in [0.2, 0.25) is 10.0 Å². The first-order chi connectivity index (χ1) is 9.47. The highest BCUT2D eigenvalue weighted by Gasteiger charge is 2.61. The Labute approximate surface area is 121 Å². The molecular weight excluding hydrogens is 278 g/mol. The van der Waals surface area contributed by atoms with Crippen molar-refractivity contribution in [2.24, 2.45) is 5.41 Å². The van der Waals surface area contributed by atoms with E-state index < -0.39 is 14.8 Å². The monoisotopic (exact) mass is 303 g/mol. The van der Waals surface area contributed by atoms with Crippen LogP contribution < -0.4 is 0 Å². The summed E-state index contributed by atoms with van der Waals surface area (Å²) in [5, 5.41) is 0. The first kappa shape index (κ1) is 14.8. The zero-order valence-electron chi connectivity index (χ0n) is 12.4.